The van der Waals surface area contributed by atoms with Gasteiger partial charge in [0.1, 0.15) is 0 Å². The Hall–Kier alpha value is -0.580. The van der Waals surface area contributed by atoms with Crippen molar-refractivity contribution in [2.24, 2.45) is 5.73 Å². The molecular weight excluding hydrogens is 292 g/mol. The van der Waals surface area contributed by atoms with E-state index in [0.29, 0.717) is 0 Å². The molecule has 0 atom stereocenters. The summed E-state index contributed by atoms with van der Waals surface area (Å²) in [7, 11) is 0. The van der Waals surface area contributed by atoms with Crippen LogP contribution in [0, 0.1) is 0 Å². The first-order valence-electron chi connectivity index (χ1n) is 6.62. The van der Waals surface area contributed by atoms with E-state index in [1.54, 1.807) is 0 Å². The highest BCUT2D eigenvalue weighted by Crippen LogP contribution is 2.26. The van der Waals surface area contributed by atoms with Crippen LogP contribution in [0.25, 0.3) is 0 Å². The maximum absolute atomic E-state index is 5.57. The summed E-state index contributed by atoms with van der Waals surface area (Å²) in [6.07, 6.45) is 3.35. The number of nitrogens with zero attached hydrogens (tertiary/aromatic N) is 1. The van der Waals surface area contributed by atoms with Crippen LogP contribution in [0.3, 0.4) is 0 Å². The van der Waals surface area contributed by atoms with Crippen molar-refractivity contribution in [1.29, 1.82) is 0 Å². The molecule has 0 amide bonds. The van der Waals surface area contributed by atoms with Crippen molar-refractivity contribution in [3.63, 3.8) is 0 Å². The summed E-state index contributed by atoms with van der Waals surface area (Å²) in [5, 5.41) is 0. The summed E-state index contributed by atoms with van der Waals surface area (Å²) in [5.74, 6) is 0. The molecule has 4 heteroatoms. The highest BCUT2D eigenvalue weighted by molar-refractivity contribution is 9.10. The molecule has 0 spiro atoms. The molecule has 0 saturated carbocycles. The fraction of sp³-hybridized carbons (Fsp3) is 0.571. The standard InChI is InChI=1S/C14H21BrN2O/c15-13-4-5-14(17-7-9-18-10-8-17)12(11-13)3-1-2-6-16/h4-5,11H,1-3,6-10,16H2. The van der Waals surface area contributed by atoms with Gasteiger partial charge in [-0.3, -0.25) is 0 Å². The minimum absolute atomic E-state index is 0.779. The number of unbranched alkanes of at least 4 members (excludes halogenated alkanes) is 1. The fourth-order valence-electron chi connectivity index (χ4n) is 2.33. The van der Waals surface area contributed by atoms with Gasteiger partial charge in [0.25, 0.3) is 0 Å². The Labute approximate surface area is 117 Å². The van der Waals surface area contributed by atoms with Crippen molar-refractivity contribution in [2.45, 2.75) is 19.3 Å². The molecule has 1 saturated heterocycles. The van der Waals surface area contributed by atoms with Crippen LogP contribution in [-0.4, -0.2) is 32.8 Å². The summed E-state index contributed by atoms with van der Waals surface area (Å²) < 4.78 is 6.57. The van der Waals surface area contributed by atoms with Gasteiger partial charge in [-0.1, -0.05) is 15.9 Å². The lowest BCUT2D eigenvalue weighted by molar-refractivity contribution is 0.122. The van der Waals surface area contributed by atoms with Crippen LogP contribution in [0.2, 0.25) is 0 Å². The number of hydrogen-bond donors (Lipinski definition) is 1. The van der Waals surface area contributed by atoms with Crippen LogP contribution in [0.5, 0.6) is 0 Å². The van der Waals surface area contributed by atoms with E-state index < -0.39 is 0 Å². The van der Waals surface area contributed by atoms with Gasteiger partial charge in [0.05, 0.1) is 13.2 Å². The SMILES string of the molecule is NCCCCc1cc(Br)ccc1N1CCOCC1. The van der Waals surface area contributed by atoms with Gasteiger partial charge in [-0.2, -0.15) is 0 Å². The maximum atomic E-state index is 5.57. The molecule has 2 rings (SSSR count). The molecule has 1 aliphatic rings. The zero-order valence-electron chi connectivity index (χ0n) is 10.7. The van der Waals surface area contributed by atoms with Crippen molar-refractivity contribution in [3.05, 3.63) is 28.2 Å². The highest BCUT2D eigenvalue weighted by atomic mass is 79.9. The third-order valence-corrected chi connectivity index (χ3v) is 3.79. The van der Waals surface area contributed by atoms with Gasteiger partial charge in [-0.05, 0) is 49.6 Å². The second kappa shape index (κ2) is 7.12. The molecule has 1 aromatic carbocycles. The number of halogens is 1. The van der Waals surface area contributed by atoms with Crippen LogP contribution in [0.15, 0.2) is 22.7 Å². The number of ether oxygens (including phenoxy) is 1. The van der Waals surface area contributed by atoms with Crippen LogP contribution in [0.1, 0.15) is 18.4 Å². The van der Waals surface area contributed by atoms with Gasteiger partial charge in [0, 0.05) is 23.2 Å². The second-order valence-electron chi connectivity index (χ2n) is 4.62. The number of hydrogen-bond acceptors (Lipinski definition) is 3. The predicted octanol–water partition coefficient (Wildman–Crippen LogP) is 2.57. The number of rotatable bonds is 5. The number of benzene rings is 1. The highest BCUT2D eigenvalue weighted by Gasteiger charge is 2.14. The summed E-state index contributed by atoms with van der Waals surface area (Å²) in [6, 6.07) is 6.58. The average Bonchev–Trinajstić information content (AvgIpc) is 2.40. The molecule has 1 fully saturated rings. The minimum Gasteiger partial charge on any atom is -0.378 e. The number of aryl methyl sites for hydroxylation is 1. The second-order valence-corrected chi connectivity index (χ2v) is 5.53. The van der Waals surface area contributed by atoms with Gasteiger partial charge in [-0.25, -0.2) is 0 Å². The third-order valence-electron chi connectivity index (χ3n) is 3.29. The molecule has 3 nitrogen and oxygen atoms in total. The molecule has 0 unspecified atom stereocenters. The molecule has 2 N–H and O–H groups in total. The average molecular weight is 313 g/mol. The molecule has 0 aromatic heterocycles. The first kappa shape index (κ1) is 13.8. The van der Waals surface area contributed by atoms with Crippen LogP contribution >= 0.6 is 15.9 Å². The topological polar surface area (TPSA) is 38.5 Å². The summed E-state index contributed by atoms with van der Waals surface area (Å²) in [6.45, 7) is 4.43. The summed E-state index contributed by atoms with van der Waals surface area (Å²) in [5.41, 5.74) is 8.34. The largest absolute Gasteiger partial charge is 0.378 e. The zero-order valence-corrected chi connectivity index (χ0v) is 12.3. The van der Waals surface area contributed by atoms with Gasteiger partial charge in [0.2, 0.25) is 0 Å². The third kappa shape index (κ3) is 3.70. The predicted molar refractivity (Wildman–Crippen MR) is 79.2 cm³/mol. The normalized spacial score (nSPS) is 16.0. The molecular formula is C14H21BrN2O. The molecule has 0 bridgehead atoms. The van der Waals surface area contributed by atoms with Gasteiger partial charge < -0.3 is 15.4 Å². The molecule has 18 heavy (non-hydrogen) atoms. The van der Waals surface area contributed by atoms with Gasteiger partial charge in [0.15, 0.2) is 0 Å². The van der Waals surface area contributed by atoms with E-state index in [1.807, 2.05) is 0 Å². The Bertz CT molecular complexity index is 378. The first-order chi connectivity index (χ1) is 8.81. The van der Waals surface area contributed by atoms with Crippen LogP contribution in [-0.2, 0) is 11.2 Å². The van der Waals surface area contributed by atoms with E-state index in [4.69, 9.17) is 10.5 Å². The lowest BCUT2D eigenvalue weighted by atomic mass is 10.0. The molecule has 1 aromatic rings. The Morgan fingerprint density at radius 1 is 1.22 bits per heavy atom. The van der Waals surface area contributed by atoms with Crippen molar-refractivity contribution < 1.29 is 4.74 Å². The quantitative estimate of drug-likeness (QED) is 0.849. The van der Waals surface area contributed by atoms with E-state index >= 15 is 0 Å². The van der Waals surface area contributed by atoms with Crippen molar-refractivity contribution in [3.8, 4) is 0 Å². The molecule has 100 valence electrons. The monoisotopic (exact) mass is 312 g/mol. The maximum Gasteiger partial charge on any atom is 0.0642 e. The summed E-state index contributed by atoms with van der Waals surface area (Å²) >= 11 is 3.56. The Morgan fingerprint density at radius 2 is 2.00 bits per heavy atom. The summed E-state index contributed by atoms with van der Waals surface area (Å²) in [4.78, 5) is 2.42. The Morgan fingerprint density at radius 3 is 2.72 bits per heavy atom. The van der Waals surface area contributed by atoms with Crippen molar-refractivity contribution in [1.82, 2.24) is 0 Å². The van der Waals surface area contributed by atoms with E-state index in [9.17, 15) is 0 Å². The molecule has 0 radical (unpaired) electrons. The first-order valence-corrected chi connectivity index (χ1v) is 7.42. The van der Waals surface area contributed by atoms with Gasteiger partial charge in [-0.15, -0.1) is 0 Å². The van der Waals surface area contributed by atoms with E-state index in [2.05, 4.69) is 39.0 Å². The smallest absolute Gasteiger partial charge is 0.0642 e. The number of nitrogens with two attached hydrogens (primary N) is 1. The number of anilines is 1. The van der Waals surface area contributed by atoms with E-state index in [-0.39, 0.29) is 0 Å². The van der Waals surface area contributed by atoms with Gasteiger partial charge >= 0.3 is 0 Å². The lowest BCUT2D eigenvalue weighted by Gasteiger charge is -2.30. The minimum atomic E-state index is 0.779. The van der Waals surface area contributed by atoms with Crippen LogP contribution in [0.4, 0.5) is 5.69 Å². The molecule has 1 aliphatic heterocycles. The fourth-order valence-corrected chi connectivity index (χ4v) is 2.74. The zero-order chi connectivity index (χ0) is 12.8. The Kier molecular flexibility index (Phi) is 5.47. The van der Waals surface area contributed by atoms with Crippen LogP contribution < -0.4 is 10.6 Å². The number of morpholine rings is 1. The van der Waals surface area contributed by atoms with Crippen molar-refractivity contribution in [2.75, 3.05) is 37.7 Å². The van der Waals surface area contributed by atoms with E-state index in [1.165, 1.54) is 11.3 Å². The lowest BCUT2D eigenvalue weighted by Crippen LogP contribution is -2.36. The Balaban J connectivity index is 2.11. The molecule has 1 heterocycles. The van der Waals surface area contributed by atoms with Crippen molar-refractivity contribution >= 4 is 21.6 Å². The molecule has 0 aliphatic carbocycles. The van der Waals surface area contributed by atoms with E-state index in [0.717, 1.165) is 56.6 Å².